The molecule has 294 valence electrons. The van der Waals surface area contributed by atoms with E-state index in [0.29, 0.717) is 11.3 Å². The zero-order valence-corrected chi connectivity index (χ0v) is 35.0. The summed E-state index contributed by atoms with van der Waals surface area (Å²) in [6.07, 6.45) is -0.816. The van der Waals surface area contributed by atoms with Crippen LogP contribution in [0.25, 0.3) is 0 Å². The van der Waals surface area contributed by atoms with Gasteiger partial charge in [-0.1, -0.05) is 28.6 Å². The van der Waals surface area contributed by atoms with Crippen molar-refractivity contribution in [3.05, 3.63) is 50.6 Å². The van der Waals surface area contributed by atoms with Crippen molar-refractivity contribution in [3.63, 3.8) is 0 Å². The van der Waals surface area contributed by atoms with Crippen molar-refractivity contribution in [1.82, 2.24) is 15.2 Å². The molecule has 1 saturated heterocycles. The molecule has 2 aromatic rings. The molecule has 3 atom stereocenters. The molecule has 3 amide bonds. The number of carbonyl (C=O) groups excluding carboxylic acids is 5. The van der Waals surface area contributed by atoms with Crippen molar-refractivity contribution in [1.29, 1.82) is 0 Å². The molecule has 0 aliphatic carbocycles. The van der Waals surface area contributed by atoms with E-state index in [9.17, 15) is 28.2 Å². The number of halogens is 2. The summed E-state index contributed by atoms with van der Waals surface area (Å²) in [5, 5.41) is 7.84. The zero-order chi connectivity index (χ0) is 40.3. The molecule has 2 aliphatic heterocycles. The lowest BCUT2D eigenvalue weighted by Gasteiger charge is -2.49. The molecule has 0 saturated carbocycles. The quantitative estimate of drug-likeness (QED) is 0.0742. The van der Waals surface area contributed by atoms with Gasteiger partial charge in [-0.15, -0.1) is 11.6 Å². The lowest BCUT2D eigenvalue weighted by atomic mass is 10.0. The van der Waals surface area contributed by atoms with E-state index < -0.39 is 74.6 Å². The number of aromatic nitrogens is 1. The second-order valence-corrected chi connectivity index (χ2v) is 18.5. The number of alkyl halides is 1. The fraction of sp³-hybridized carbons (Fsp3) is 0.500. The number of amides is 3. The van der Waals surface area contributed by atoms with Crippen LogP contribution in [0.3, 0.4) is 0 Å². The molecule has 16 nitrogen and oxygen atoms in total. The first-order valence-electron chi connectivity index (χ1n) is 16.3. The molecule has 1 aromatic heterocycles. The molecule has 54 heavy (non-hydrogen) atoms. The number of nitrogens with zero attached hydrogens (tertiary/aromatic N) is 3. The second-order valence-electron chi connectivity index (χ2n) is 14.4. The number of rotatable bonds is 12. The predicted molar refractivity (Wildman–Crippen MR) is 203 cm³/mol. The van der Waals surface area contributed by atoms with Crippen molar-refractivity contribution in [2.24, 2.45) is 5.16 Å². The molecule has 1 fully saturated rings. The van der Waals surface area contributed by atoms with E-state index in [1.165, 1.54) is 21.0 Å². The van der Waals surface area contributed by atoms with Gasteiger partial charge in [0.15, 0.2) is 10.8 Å². The molecular formula is C34H41BrClN5O11S2. The number of ether oxygens (including phenoxy) is 4. The Bertz CT molecular complexity index is 1900. The largest absolute Gasteiger partial charge is 0.497 e. The number of methoxy groups -OCH3 is 1. The minimum Gasteiger partial charge on any atom is -0.497 e. The number of hydrogen-bond acceptors (Lipinski definition) is 14. The third-order valence-electron chi connectivity index (χ3n) is 7.26. The Morgan fingerprint density at radius 2 is 1.69 bits per heavy atom. The molecule has 0 spiro atoms. The minimum absolute atomic E-state index is 0.00819. The van der Waals surface area contributed by atoms with Crippen LogP contribution in [0.4, 0.5) is 9.93 Å². The van der Waals surface area contributed by atoms with Crippen LogP contribution in [0, 0.1) is 0 Å². The molecular weight excluding hydrogens is 834 g/mol. The van der Waals surface area contributed by atoms with E-state index >= 15 is 0 Å². The Kier molecular flexibility index (Phi) is 13.2. The van der Waals surface area contributed by atoms with Gasteiger partial charge in [0.25, 0.3) is 11.8 Å². The summed E-state index contributed by atoms with van der Waals surface area (Å²) >= 11 is 10.4. The zero-order valence-electron chi connectivity index (χ0n) is 31.0. The lowest BCUT2D eigenvalue weighted by molar-refractivity contribution is -0.179. The van der Waals surface area contributed by atoms with Crippen LogP contribution in [0.1, 0.15) is 66.6 Å². The van der Waals surface area contributed by atoms with Crippen molar-refractivity contribution >= 4 is 90.4 Å². The number of esters is 2. The van der Waals surface area contributed by atoms with E-state index in [1.807, 2.05) is 0 Å². The fourth-order valence-electron chi connectivity index (χ4n) is 4.78. The number of carbonyl (C=O) groups is 5. The first kappa shape index (κ1) is 42.7. The van der Waals surface area contributed by atoms with Gasteiger partial charge in [0, 0.05) is 5.88 Å². The predicted octanol–water partition coefficient (Wildman–Crippen LogP) is 4.75. The van der Waals surface area contributed by atoms with E-state index in [0.717, 1.165) is 16.2 Å². The first-order valence-corrected chi connectivity index (χ1v) is 19.8. The van der Waals surface area contributed by atoms with Crippen LogP contribution >= 0.6 is 38.9 Å². The first-order chi connectivity index (χ1) is 25.0. The number of benzene rings is 1. The highest BCUT2D eigenvalue weighted by atomic mass is 79.9. The summed E-state index contributed by atoms with van der Waals surface area (Å²) in [6, 6.07) is 5.42. The summed E-state index contributed by atoms with van der Waals surface area (Å²) < 4.78 is 35.0. The maximum atomic E-state index is 14.0. The Hall–Kier alpha value is -4.07. The third-order valence-corrected chi connectivity index (χ3v) is 10.9. The van der Waals surface area contributed by atoms with E-state index in [2.05, 4.69) is 36.7 Å². The van der Waals surface area contributed by atoms with Crippen molar-refractivity contribution in [2.45, 2.75) is 90.2 Å². The van der Waals surface area contributed by atoms with Gasteiger partial charge in [0.05, 0.1) is 23.7 Å². The number of β-lactam (4-membered cyclic amide) rings is 1. The topological polar surface area (TPSA) is 201 Å². The highest BCUT2D eigenvalue weighted by Gasteiger charge is 2.57. The van der Waals surface area contributed by atoms with E-state index in [-0.39, 0.29) is 44.1 Å². The van der Waals surface area contributed by atoms with Gasteiger partial charge in [-0.05, 0) is 94.6 Å². The van der Waals surface area contributed by atoms with Crippen molar-refractivity contribution in [2.75, 3.05) is 24.1 Å². The Morgan fingerprint density at radius 1 is 1.06 bits per heavy atom. The third kappa shape index (κ3) is 10.4. The number of hydrogen-bond donors (Lipinski definition) is 2. The molecule has 1 aromatic carbocycles. The number of thiazole rings is 1. The molecule has 3 unspecified atom stereocenters. The normalized spacial score (nSPS) is 18.9. The monoisotopic (exact) mass is 873 g/mol. The summed E-state index contributed by atoms with van der Waals surface area (Å²) in [5.74, 6) is -3.19. The molecule has 2 N–H and O–H groups in total. The SMILES string of the molecule is COc1ccc(COC(=O)C2=C(CCl)CS(=O)C3C(NC(=O)/C(=N\OC(C)(C)C(=O)OC(C)(C)C)c4nc(NC(=O)OC(C)(C)C)sc4Br)C(=O)N23)cc1. The standard InChI is InChI=1S/C34H41BrClN5O11S2/c1-32(2,3)50-29(45)34(7,8)52-40-21(20-24(35)53-30(38-20)39-31(46)51-33(4,5)6)25(42)37-22-26(43)41-23(18(14-36)16-54(47)27(22)41)28(44)49-15-17-10-12-19(48-9)13-11-17/h10-13,22,27H,14-16H2,1-9H3,(H,37,42)(H,38,39,46)/b40-21-. The maximum absolute atomic E-state index is 14.0. The summed E-state index contributed by atoms with van der Waals surface area (Å²) in [6.45, 7) is 12.7. The molecule has 2 aliphatic rings. The average molecular weight is 875 g/mol. The van der Waals surface area contributed by atoms with Crippen LogP contribution < -0.4 is 15.4 Å². The highest BCUT2D eigenvalue weighted by molar-refractivity contribution is 9.11. The van der Waals surface area contributed by atoms with Crippen LogP contribution in [-0.2, 0) is 55.6 Å². The molecule has 0 radical (unpaired) electrons. The van der Waals surface area contributed by atoms with Crippen LogP contribution in [0.15, 0.2) is 44.5 Å². The van der Waals surface area contributed by atoms with Gasteiger partial charge < -0.3 is 29.1 Å². The number of fused-ring (bicyclic) bond motifs is 1. The molecule has 4 rings (SSSR count). The maximum Gasteiger partial charge on any atom is 0.413 e. The van der Waals surface area contributed by atoms with Gasteiger partial charge >= 0.3 is 18.0 Å². The Balaban J connectivity index is 1.61. The number of nitrogens with one attached hydrogen (secondary N) is 2. The van der Waals surface area contributed by atoms with Crippen LogP contribution in [0.2, 0.25) is 0 Å². The molecule has 0 bridgehead atoms. The average Bonchev–Trinajstić information content (AvgIpc) is 3.42. The minimum atomic E-state index is -1.80. The molecule has 20 heteroatoms. The van der Waals surface area contributed by atoms with Gasteiger partial charge in [-0.25, -0.2) is 19.4 Å². The van der Waals surface area contributed by atoms with E-state index in [1.54, 1.807) is 65.8 Å². The fourth-order valence-corrected chi connectivity index (χ4v) is 8.21. The Morgan fingerprint density at radius 3 is 2.26 bits per heavy atom. The van der Waals surface area contributed by atoms with Gasteiger partial charge in [-0.3, -0.25) is 24.0 Å². The van der Waals surface area contributed by atoms with Gasteiger partial charge in [-0.2, -0.15) is 0 Å². The van der Waals surface area contributed by atoms with Crippen molar-refractivity contribution < 1.29 is 52.0 Å². The smallest absolute Gasteiger partial charge is 0.413 e. The van der Waals surface area contributed by atoms with Gasteiger partial charge in [0.1, 0.15) is 50.2 Å². The highest BCUT2D eigenvalue weighted by Crippen LogP contribution is 2.36. The number of anilines is 1. The van der Waals surface area contributed by atoms with Gasteiger partial charge in [0.2, 0.25) is 5.60 Å². The van der Waals surface area contributed by atoms with Crippen LogP contribution in [0.5, 0.6) is 5.75 Å². The summed E-state index contributed by atoms with van der Waals surface area (Å²) in [4.78, 5) is 77.3. The summed E-state index contributed by atoms with van der Waals surface area (Å²) in [5.41, 5.74) is -3.32. The van der Waals surface area contributed by atoms with Crippen LogP contribution in [-0.4, -0.2) is 96.6 Å². The molecule has 3 heterocycles. The Labute approximate surface area is 331 Å². The summed E-state index contributed by atoms with van der Waals surface area (Å²) in [7, 11) is -0.282. The lowest BCUT2D eigenvalue weighted by Crippen LogP contribution is -2.74. The van der Waals surface area contributed by atoms with E-state index in [4.69, 9.17) is 35.4 Å². The number of oxime groups is 1. The van der Waals surface area contributed by atoms with Crippen molar-refractivity contribution in [3.8, 4) is 5.75 Å². The second kappa shape index (κ2) is 16.7.